The van der Waals surface area contributed by atoms with Gasteiger partial charge in [0, 0.05) is 24.5 Å². The Labute approximate surface area is 159 Å². The summed E-state index contributed by atoms with van der Waals surface area (Å²) in [5, 5.41) is 9.10. The highest BCUT2D eigenvalue weighted by Gasteiger charge is 2.49. The molecule has 0 aromatic heterocycles. The molecule has 3 rings (SSSR count). The topological polar surface area (TPSA) is 86.7 Å². The average Bonchev–Trinajstić information content (AvgIpc) is 3.18. The van der Waals surface area contributed by atoms with Crippen molar-refractivity contribution in [2.24, 2.45) is 0 Å². The van der Waals surface area contributed by atoms with E-state index >= 15 is 0 Å². The first-order valence-corrected chi connectivity index (χ1v) is 10.4. The van der Waals surface area contributed by atoms with Crippen LogP contribution in [0.15, 0.2) is 18.2 Å². The van der Waals surface area contributed by atoms with Gasteiger partial charge in [0.2, 0.25) is 10.0 Å². The van der Waals surface area contributed by atoms with Gasteiger partial charge in [-0.15, -0.1) is 0 Å². The minimum Gasteiger partial charge on any atom is -0.465 e. The van der Waals surface area contributed by atoms with Crippen molar-refractivity contribution in [3.05, 3.63) is 35.1 Å². The van der Waals surface area contributed by atoms with Crippen molar-refractivity contribution in [3.63, 3.8) is 0 Å². The first-order chi connectivity index (χ1) is 12.9. The maximum atomic E-state index is 13.5. The molecule has 2 N–H and O–H groups in total. The Bertz CT molecular complexity index is 868. The van der Waals surface area contributed by atoms with Gasteiger partial charge in [-0.2, -0.15) is 13.2 Å². The molecule has 1 atom stereocenters. The lowest BCUT2D eigenvalue weighted by atomic mass is 9.96. The Morgan fingerprint density at radius 1 is 1.32 bits per heavy atom. The van der Waals surface area contributed by atoms with Crippen LogP contribution in [0.2, 0.25) is 0 Å². The zero-order valence-electron chi connectivity index (χ0n) is 14.8. The summed E-state index contributed by atoms with van der Waals surface area (Å²) in [4.78, 5) is 12.3. The van der Waals surface area contributed by atoms with Crippen LogP contribution in [0, 0.1) is 5.82 Å². The summed E-state index contributed by atoms with van der Waals surface area (Å²) >= 11 is 0. The van der Waals surface area contributed by atoms with E-state index in [2.05, 4.69) is 4.72 Å². The Kier molecular flexibility index (Phi) is 5.34. The fraction of sp³-hybridized carbons (Fsp3) is 0.588. The van der Waals surface area contributed by atoms with Crippen molar-refractivity contribution in [1.82, 2.24) is 9.62 Å². The molecule has 1 amide bonds. The van der Waals surface area contributed by atoms with Gasteiger partial charge >= 0.3 is 12.3 Å². The molecule has 0 unspecified atom stereocenters. The van der Waals surface area contributed by atoms with Crippen LogP contribution in [-0.2, 0) is 21.6 Å². The van der Waals surface area contributed by atoms with Crippen LogP contribution in [0.25, 0.3) is 0 Å². The number of halogens is 4. The molecule has 1 heterocycles. The molecule has 2 aliphatic rings. The number of likely N-dealkylation sites (tertiary alicyclic amines) is 1. The first-order valence-electron chi connectivity index (χ1n) is 8.78. The summed E-state index contributed by atoms with van der Waals surface area (Å²) in [5.74, 6) is -1.83. The number of benzene rings is 1. The van der Waals surface area contributed by atoms with E-state index in [0.29, 0.717) is 44.4 Å². The largest absolute Gasteiger partial charge is 0.465 e. The van der Waals surface area contributed by atoms with E-state index in [-0.39, 0.29) is 12.1 Å². The van der Waals surface area contributed by atoms with Gasteiger partial charge in [0.15, 0.2) is 0 Å². The number of rotatable bonds is 6. The Hall–Kier alpha value is -1.88. The Morgan fingerprint density at radius 3 is 2.57 bits per heavy atom. The normalized spacial score (nSPS) is 21.7. The van der Waals surface area contributed by atoms with Gasteiger partial charge in [0.05, 0.1) is 11.3 Å². The molecule has 0 bridgehead atoms. The van der Waals surface area contributed by atoms with E-state index in [9.17, 15) is 30.8 Å². The second kappa shape index (κ2) is 7.18. The summed E-state index contributed by atoms with van der Waals surface area (Å²) in [6, 6.07) is 2.11. The zero-order chi connectivity index (χ0) is 20.7. The lowest BCUT2D eigenvalue weighted by Crippen LogP contribution is -2.44. The minimum absolute atomic E-state index is 0.0814. The number of carboxylic acid groups (broad SMARTS) is 1. The fourth-order valence-electron chi connectivity index (χ4n) is 3.68. The summed E-state index contributed by atoms with van der Waals surface area (Å²) in [6.07, 6.45) is -4.06. The molecule has 1 saturated carbocycles. The standard InChI is InChI=1S/C17H20F4N2O4S/c18-14-4-3-11(8-13(14)17(19,20)21)16(5-6-16)10-28(26,27)22-9-12-2-1-7-23(12)15(24)25/h3-4,8,12,22H,1-2,5-7,9-10H2,(H,24,25)/t12-/m1/s1. The highest BCUT2D eigenvalue weighted by atomic mass is 32.2. The first kappa shape index (κ1) is 20.8. The van der Waals surface area contributed by atoms with E-state index in [1.54, 1.807) is 0 Å². The van der Waals surface area contributed by atoms with Gasteiger partial charge < -0.3 is 10.0 Å². The van der Waals surface area contributed by atoms with Crippen molar-refractivity contribution in [2.45, 2.75) is 43.3 Å². The highest BCUT2D eigenvalue weighted by Crippen LogP contribution is 2.50. The molecule has 1 aromatic rings. The van der Waals surface area contributed by atoms with Crippen LogP contribution in [0.5, 0.6) is 0 Å². The molecule has 11 heteroatoms. The van der Waals surface area contributed by atoms with Gasteiger partial charge in [-0.25, -0.2) is 22.3 Å². The average molecular weight is 424 g/mol. The summed E-state index contributed by atoms with van der Waals surface area (Å²) < 4.78 is 79.7. The van der Waals surface area contributed by atoms with Crippen LogP contribution >= 0.6 is 0 Å². The molecule has 2 fully saturated rings. The molecule has 1 aliphatic carbocycles. The minimum atomic E-state index is -4.87. The second-order valence-electron chi connectivity index (χ2n) is 7.35. The van der Waals surface area contributed by atoms with E-state index in [4.69, 9.17) is 5.11 Å². The molecule has 0 spiro atoms. The smallest absolute Gasteiger partial charge is 0.419 e. The quantitative estimate of drug-likeness (QED) is 0.688. The van der Waals surface area contributed by atoms with Gasteiger partial charge in [-0.1, -0.05) is 6.07 Å². The predicted molar refractivity (Wildman–Crippen MR) is 91.9 cm³/mol. The van der Waals surface area contributed by atoms with Crippen molar-refractivity contribution in [1.29, 1.82) is 0 Å². The predicted octanol–water partition coefficient (Wildman–Crippen LogP) is 2.94. The van der Waals surface area contributed by atoms with E-state index in [0.717, 1.165) is 0 Å². The number of hydrogen-bond donors (Lipinski definition) is 2. The van der Waals surface area contributed by atoms with Crippen LogP contribution in [0.1, 0.15) is 36.8 Å². The fourth-order valence-corrected chi connectivity index (χ4v) is 5.41. The monoisotopic (exact) mass is 424 g/mol. The van der Waals surface area contributed by atoms with Crippen molar-refractivity contribution >= 4 is 16.1 Å². The number of sulfonamides is 1. The van der Waals surface area contributed by atoms with E-state index in [1.165, 1.54) is 11.0 Å². The number of amides is 1. The third kappa shape index (κ3) is 4.40. The van der Waals surface area contributed by atoms with E-state index in [1.807, 2.05) is 0 Å². The highest BCUT2D eigenvalue weighted by molar-refractivity contribution is 7.89. The zero-order valence-corrected chi connectivity index (χ0v) is 15.6. The van der Waals surface area contributed by atoms with Crippen molar-refractivity contribution < 1.29 is 35.9 Å². The van der Waals surface area contributed by atoms with Crippen LogP contribution in [0.3, 0.4) is 0 Å². The number of hydrogen-bond acceptors (Lipinski definition) is 3. The van der Waals surface area contributed by atoms with Gasteiger partial charge in [-0.05, 0) is 43.4 Å². The molecule has 1 aromatic carbocycles. The molecule has 1 saturated heterocycles. The molecule has 28 heavy (non-hydrogen) atoms. The maximum Gasteiger partial charge on any atom is 0.419 e. The van der Waals surface area contributed by atoms with Crippen LogP contribution in [-0.4, -0.2) is 49.4 Å². The summed E-state index contributed by atoms with van der Waals surface area (Å²) in [6.45, 7) is 0.253. The lowest BCUT2D eigenvalue weighted by Gasteiger charge is -2.23. The van der Waals surface area contributed by atoms with E-state index < -0.39 is 50.9 Å². The molecule has 0 radical (unpaired) electrons. The maximum absolute atomic E-state index is 13.5. The molecule has 6 nitrogen and oxygen atoms in total. The Morgan fingerprint density at radius 2 is 2.00 bits per heavy atom. The van der Waals surface area contributed by atoms with Crippen molar-refractivity contribution in [2.75, 3.05) is 18.8 Å². The van der Waals surface area contributed by atoms with Gasteiger partial charge in [-0.3, -0.25) is 0 Å². The van der Waals surface area contributed by atoms with Gasteiger partial charge in [0.1, 0.15) is 5.82 Å². The molecular formula is C17H20F4N2O4S. The summed E-state index contributed by atoms with van der Waals surface area (Å²) in [7, 11) is -3.86. The van der Waals surface area contributed by atoms with Crippen LogP contribution in [0.4, 0.5) is 22.4 Å². The lowest BCUT2D eigenvalue weighted by molar-refractivity contribution is -0.140. The van der Waals surface area contributed by atoms with Crippen molar-refractivity contribution in [3.8, 4) is 0 Å². The molecular weight excluding hydrogens is 404 g/mol. The molecule has 156 valence electrons. The SMILES string of the molecule is O=C(O)N1CCC[C@@H]1CNS(=O)(=O)CC1(c2ccc(F)c(C(F)(F)F)c2)CC1. The Balaban J connectivity index is 1.71. The second-order valence-corrected chi connectivity index (χ2v) is 9.16. The van der Waals surface area contributed by atoms with Crippen LogP contribution < -0.4 is 4.72 Å². The summed E-state index contributed by atoms with van der Waals surface area (Å²) in [5.41, 5.74) is -2.26. The number of nitrogens with zero attached hydrogens (tertiary/aromatic N) is 1. The number of nitrogens with one attached hydrogen (secondary N) is 1. The number of alkyl halides is 3. The third-order valence-electron chi connectivity index (χ3n) is 5.37. The third-order valence-corrected chi connectivity index (χ3v) is 6.90. The molecule has 1 aliphatic heterocycles. The van der Waals surface area contributed by atoms with Gasteiger partial charge in [0.25, 0.3) is 0 Å². The number of carbonyl (C=O) groups is 1.